The van der Waals surface area contributed by atoms with Crippen LogP contribution in [0.2, 0.25) is 0 Å². The van der Waals surface area contributed by atoms with Crippen molar-refractivity contribution < 1.29 is 9.59 Å². The molecule has 0 radical (unpaired) electrons. The lowest BCUT2D eigenvalue weighted by Gasteiger charge is -2.21. The van der Waals surface area contributed by atoms with Crippen molar-refractivity contribution in [3.8, 4) is 0 Å². The summed E-state index contributed by atoms with van der Waals surface area (Å²) < 4.78 is 0. The Morgan fingerprint density at radius 3 is 2.35 bits per heavy atom. The average Bonchev–Trinajstić information content (AvgIpc) is 2.44. The van der Waals surface area contributed by atoms with Crippen LogP contribution >= 0.6 is 0 Å². The Morgan fingerprint density at radius 1 is 1.25 bits per heavy atom. The molecule has 0 aliphatic heterocycles. The maximum Gasteiger partial charge on any atom is 0.248 e. The first-order chi connectivity index (χ1) is 9.45. The smallest absolute Gasteiger partial charge is 0.248 e. The van der Waals surface area contributed by atoms with Crippen LogP contribution in [-0.4, -0.2) is 30.3 Å². The van der Waals surface area contributed by atoms with Crippen LogP contribution in [0.3, 0.4) is 0 Å². The molecule has 0 aliphatic carbocycles. The lowest BCUT2D eigenvalue weighted by molar-refractivity contribution is -0.134. The van der Waals surface area contributed by atoms with E-state index >= 15 is 0 Å². The summed E-state index contributed by atoms with van der Waals surface area (Å²) in [6.45, 7) is 3.05. The maximum absolute atomic E-state index is 12.1. The van der Waals surface area contributed by atoms with Crippen LogP contribution < -0.4 is 11.5 Å². The van der Waals surface area contributed by atoms with Gasteiger partial charge in [-0.15, -0.1) is 0 Å². The van der Waals surface area contributed by atoms with Crippen molar-refractivity contribution in [2.75, 3.05) is 13.6 Å². The van der Waals surface area contributed by atoms with Gasteiger partial charge in [-0.2, -0.15) is 0 Å². The van der Waals surface area contributed by atoms with Crippen molar-refractivity contribution in [2.45, 2.75) is 26.3 Å². The predicted molar refractivity (Wildman–Crippen MR) is 78.9 cm³/mol. The van der Waals surface area contributed by atoms with E-state index in [9.17, 15) is 9.59 Å². The molecule has 0 aromatic heterocycles. The SMILES string of the molecule is CC(CCCN)C(=O)N(C)Cc1ccc(C(N)=O)cc1. The molecule has 0 spiro atoms. The summed E-state index contributed by atoms with van der Waals surface area (Å²) in [6.07, 6.45) is 1.66. The zero-order chi connectivity index (χ0) is 15.1. The number of nitrogens with two attached hydrogens (primary N) is 2. The number of rotatable bonds is 7. The van der Waals surface area contributed by atoms with Gasteiger partial charge in [0.2, 0.25) is 11.8 Å². The van der Waals surface area contributed by atoms with E-state index in [2.05, 4.69) is 0 Å². The second kappa shape index (κ2) is 7.65. The molecule has 4 N–H and O–H groups in total. The van der Waals surface area contributed by atoms with Gasteiger partial charge in [-0.05, 0) is 37.1 Å². The third-order valence-corrected chi connectivity index (χ3v) is 3.30. The molecule has 0 saturated carbocycles. The molecule has 2 amide bonds. The van der Waals surface area contributed by atoms with Crippen LogP contribution in [0.4, 0.5) is 0 Å². The van der Waals surface area contributed by atoms with E-state index in [1.54, 1.807) is 24.1 Å². The van der Waals surface area contributed by atoms with E-state index in [4.69, 9.17) is 11.5 Å². The highest BCUT2D eigenvalue weighted by atomic mass is 16.2. The molecule has 1 rings (SSSR count). The Morgan fingerprint density at radius 2 is 1.85 bits per heavy atom. The lowest BCUT2D eigenvalue weighted by Crippen LogP contribution is -2.31. The van der Waals surface area contributed by atoms with E-state index in [-0.39, 0.29) is 11.8 Å². The van der Waals surface area contributed by atoms with Crippen molar-refractivity contribution in [1.29, 1.82) is 0 Å². The van der Waals surface area contributed by atoms with Crippen LogP contribution in [-0.2, 0) is 11.3 Å². The minimum Gasteiger partial charge on any atom is -0.366 e. The van der Waals surface area contributed by atoms with E-state index in [0.717, 1.165) is 18.4 Å². The molecule has 5 nitrogen and oxygen atoms in total. The van der Waals surface area contributed by atoms with Gasteiger partial charge in [0.1, 0.15) is 0 Å². The van der Waals surface area contributed by atoms with E-state index in [1.165, 1.54) is 0 Å². The van der Waals surface area contributed by atoms with Crippen LogP contribution in [0.5, 0.6) is 0 Å². The highest BCUT2D eigenvalue weighted by molar-refractivity contribution is 5.92. The third-order valence-electron chi connectivity index (χ3n) is 3.30. The number of carbonyl (C=O) groups excluding carboxylic acids is 2. The van der Waals surface area contributed by atoms with Crippen molar-refractivity contribution in [3.05, 3.63) is 35.4 Å². The van der Waals surface area contributed by atoms with Gasteiger partial charge in [-0.25, -0.2) is 0 Å². The summed E-state index contributed by atoms with van der Waals surface area (Å²) in [5.74, 6) is -0.359. The summed E-state index contributed by atoms with van der Waals surface area (Å²) >= 11 is 0. The Hall–Kier alpha value is -1.88. The maximum atomic E-state index is 12.1. The van der Waals surface area contributed by atoms with Gasteiger partial charge in [-0.3, -0.25) is 9.59 Å². The first-order valence-corrected chi connectivity index (χ1v) is 6.79. The topological polar surface area (TPSA) is 89.4 Å². The molecule has 1 aromatic rings. The fourth-order valence-corrected chi connectivity index (χ4v) is 2.05. The molecule has 0 saturated heterocycles. The Bertz CT molecular complexity index is 457. The summed E-state index contributed by atoms with van der Waals surface area (Å²) in [6, 6.07) is 6.98. The fraction of sp³-hybridized carbons (Fsp3) is 0.467. The molecule has 0 fully saturated rings. The normalized spacial score (nSPS) is 11.9. The number of nitrogens with zero attached hydrogens (tertiary/aromatic N) is 1. The van der Waals surface area contributed by atoms with E-state index < -0.39 is 5.91 Å². The van der Waals surface area contributed by atoms with Crippen molar-refractivity contribution in [1.82, 2.24) is 4.90 Å². The standard InChI is InChI=1S/C15H23N3O2/c1-11(4-3-9-16)15(20)18(2)10-12-5-7-13(8-6-12)14(17)19/h5-8,11H,3-4,9-10,16H2,1-2H3,(H2,17,19). The van der Waals surface area contributed by atoms with Crippen LogP contribution in [0.15, 0.2) is 24.3 Å². The van der Waals surface area contributed by atoms with Crippen molar-refractivity contribution in [2.24, 2.45) is 17.4 Å². The van der Waals surface area contributed by atoms with Crippen molar-refractivity contribution >= 4 is 11.8 Å². The van der Waals surface area contributed by atoms with Gasteiger partial charge in [-0.1, -0.05) is 19.1 Å². The van der Waals surface area contributed by atoms with Crippen LogP contribution in [0, 0.1) is 5.92 Å². The molecule has 0 bridgehead atoms. The Labute approximate surface area is 119 Å². The van der Waals surface area contributed by atoms with Crippen molar-refractivity contribution in [3.63, 3.8) is 0 Å². The quantitative estimate of drug-likeness (QED) is 0.782. The summed E-state index contributed by atoms with van der Waals surface area (Å²) in [5, 5.41) is 0. The number of benzene rings is 1. The Balaban J connectivity index is 2.58. The van der Waals surface area contributed by atoms with Gasteiger partial charge in [0.15, 0.2) is 0 Å². The first-order valence-electron chi connectivity index (χ1n) is 6.79. The zero-order valence-corrected chi connectivity index (χ0v) is 12.1. The highest BCUT2D eigenvalue weighted by Gasteiger charge is 2.17. The molecule has 1 atom stereocenters. The monoisotopic (exact) mass is 277 g/mol. The van der Waals surface area contributed by atoms with Gasteiger partial charge in [0, 0.05) is 25.1 Å². The van der Waals surface area contributed by atoms with Gasteiger partial charge in [0.05, 0.1) is 0 Å². The molecule has 0 heterocycles. The fourth-order valence-electron chi connectivity index (χ4n) is 2.05. The predicted octanol–water partition coefficient (Wildman–Crippen LogP) is 1.12. The minimum atomic E-state index is -0.448. The number of hydrogen-bond donors (Lipinski definition) is 2. The molecule has 0 aliphatic rings. The molecular weight excluding hydrogens is 254 g/mol. The van der Waals surface area contributed by atoms with E-state index in [0.29, 0.717) is 18.7 Å². The number of primary amides is 1. The largest absolute Gasteiger partial charge is 0.366 e. The zero-order valence-electron chi connectivity index (χ0n) is 12.1. The molecular formula is C15H23N3O2. The molecule has 5 heteroatoms. The molecule has 1 unspecified atom stereocenters. The van der Waals surface area contributed by atoms with Gasteiger partial charge in [0.25, 0.3) is 0 Å². The van der Waals surface area contributed by atoms with Gasteiger partial charge >= 0.3 is 0 Å². The average molecular weight is 277 g/mol. The Kier molecular flexibility index (Phi) is 6.18. The summed E-state index contributed by atoms with van der Waals surface area (Å²) in [4.78, 5) is 24.8. The highest BCUT2D eigenvalue weighted by Crippen LogP contribution is 2.12. The second-order valence-electron chi connectivity index (χ2n) is 5.09. The first kappa shape index (κ1) is 16.2. The lowest BCUT2D eigenvalue weighted by atomic mass is 10.0. The van der Waals surface area contributed by atoms with Gasteiger partial charge < -0.3 is 16.4 Å². The molecule has 1 aromatic carbocycles. The number of amides is 2. The molecule has 110 valence electrons. The number of carbonyl (C=O) groups is 2. The second-order valence-corrected chi connectivity index (χ2v) is 5.09. The third kappa shape index (κ3) is 4.66. The minimum absolute atomic E-state index is 0.0200. The summed E-state index contributed by atoms with van der Waals surface area (Å²) in [5.41, 5.74) is 12.1. The van der Waals surface area contributed by atoms with Crippen LogP contribution in [0.1, 0.15) is 35.7 Å². The van der Waals surface area contributed by atoms with E-state index in [1.807, 2.05) is 19.1 Å². The molecule has 20 heavy (non-hydrogen) atoms. The van der Waals surface area contributed by atoms with Crippen LogP contribution in [0.25, 0.3) is 0 Å². The number of hydrogen-bond acceptors (Lipinski definition) is 3. The summed E-state index contributed by atoms with van der Waals surface area (Å²) in [7, 11) is 1.78.